The van der Waals surface area contributed by atoms with Crippen molar-refractivity contribution in [2.75, 3.05) is 27.9 Å². The molecule has 0 fully saturated rings. The number of ether oxygens (including phenoxy) is 3. The SMILES string of the molecule is COc1cc2c(cc1O)C(N)C(CO)C(C=O)C2c1cc(OC)c(O)c(OC)c1. The maximum Gasteiger partial charge on any atom is 0.200 e. The van der Waals surface area contributed by atoms with Crippen LogP contribution in [0.5, 0.6) is 28.7 Å². The van der Waals surface area contributed by atoms with Gasteiger partial charge in [0.05, 0.1) is 21.3 Å². The number of aromatic hydroxyl groups is 2. The quantitative estimate of drug-likeness (QED) is 0.536. The van der Waals surface area contributed by atoms with Gasteiger partial charge in [-0.05, 0) is 41.0 Å². The van der Waals surface area contributed by atoms with Crippen LogP contribution in [0.3, 0.4) is 0 Å². The third kappa shape index (κ3) is 3.34. The summed E-state index contributed by atoms with van der Waals surface area (Å²) in [6, 6.07) is 5.73. The van der Waals surface area contributed by atoms with Gasteiger partial charge < -0.3 is 40.1 Å². The Morgan fingerprint density at radius 2 is 1.55 bits per heavy atom. The molecule has 8 heteroatoms. The number of hydrogen-bond donors (Lipinski definition) is 4. The second-order valence-electron chi connectivity index (χ2n) is 6.99. The molecule has 5 N–H and O–H groups in total. The second kappa shape index (κ2) is 8.18. The molecular formula is C21H25NO7. The van der Waals surface area contributed by atoms with Gasteiger partial charge in [-0.1, -0.05) is 0 Å². The Labute approximate surface area is 168 Å². The van der Waals surface area contributed by atoms with E-state index in [9.17, 15) is 20.1 Å². The lowest BCUT2D eigenvalue weighted by Crippen LogP contribution is -2.40. The molecule has 1 aliphatic rings. The third-order valence-electron chi connectivity index (χ3n) is 5.65. The summed E-state index contributed by atoms with van der Waals surface area (Å²) in [6.45, 7) is -0.306. The van der Waals surface area contributed by atoms with Crippen LogP contribution in [0.2, 0.25) is 0 Å². The lowest BCUT2D eigenvalue weighted by atomic mass is 9.65. The third-order valence-corrected chi connectivity index (χ3v) is 5.65. The number of hydrogen-bond acceptors (Lipinski definition) is 8. The molecule has 0 amide bonds. The summed E-state index contributed by atoms with van der Waals surface area (Å²) in [5.74, 6) is -1.38. The van der Waals surface area contributed by atoms with E-state index in [2.05, 4.69) is 0 Å². The molecule has 0 bridgehead atoms. The predicted octanol–water partition coefficient (Wildman–Crippen LogP) is 1.69. The molecule has 0 aliphatic heterocycles. The fourth-order valence-corrected chi connectivity index (χ4v) is 4.16. The molecule has 3 rings (SSSR count). The normalized spacial score (nSPS) is 23.2. The first kappa shape index (κ1) is 20.8. The van der Waals surface area contributed by atoms with Gasteiger partial charge in [0, 0.05) is 30.4 Å². The minimum atomic E-state index is -0.657. The zero-order chi connectivity index (χ0) is 21.3. The monoisotopic (exact) mass is 403 g/mol. The van der Waals surface area contributed by atoms with Crippen LogP contribution in [-0.2, 0) is 4.79 Å². The molecule has 0 saturated heterocycles. The summed E-state index contributed by atoms with van der Waals surface area (Å²) in [7, 11) is 4.26. The zero-order valence-electron chi connectivity index (χ0n) is 16.5. The molecule has 2 aromatic carbocycles. The number of methoxy groups -OCH3 is 3. The summed E-state index contributed by atoms with van der Waals surface area (Å²) in [5.41, 5.74) is 8.27. The smallest absolute Gasteiger partial charge is 0.200 e. The number of aliphatic hydroxyl groups excluding tert-OH is 1. The van der Waals surface area contributed by atoms with Gasteiger partial charge >= 0.3 is 0 Å². The highest BCUT2D eigenvalue weighted by Crippen LogP contribution is 2.51. The van der Waals surface area contributed by atoms with Crippen molar-refractivity contribution in [1.82, 2.24) is 0 Å². The number of carbonyl (C=O) groups is 1. The van der Waals surface area contributed by atoms with E-state index in [4.69, 9.17) is 19.9 Å². The molecule has 0 heterocycles. The van der Waals surface area contributed by atoms with Crippen LogP contribution >= 0.6 is 0 Å². The number of aldehydes is 1. The Kier molecular flexibility index (Phi) is 5.86. The van der Waals surface area contributed by atoms with Crippen LogP contribution in [0.15, 0.2) is 24.3 Å². The van der Waals surface area contributed by atoms with Gasteiger partial charge in [-0.15, -0.1) is 0 Å². The van der Waals surface area contributed by atoms with Gasteiger partial charge in [-0.25, -0.2) is 0 Å². The van der Waals surface area contributed by atoms with E-state index in [0.717, 1.165) is 6.29 Å². The first-order valence-corrected chi connectivity index (χ1v) is 9.09. The number of fused-ring (bicyclic) bond motifs is 1. The summed E-state index contributed by atoms with van der Waals surface area (Å²) in [6.07, 6.45) is 0.777. The molecule has 0 aromatic heterocycles. The van der Waals surface area contributed by atoms with Gasteiger partial charge in [0.25, 0.3) is 0 Å². The molecule has 0 radical (unpaired) electrons. The Hall–Kier alpha value is -2.97. The van der Waals surface area contributed by atoms with Crippen molar-refractivity contribution >= 4 is 6.29 Å². The average Bonchev–Trinajstić information content (AvgIpc) is 2.73. The molecule has 1 aliphatic carbocycles. The van der Waals surface area contributed by atoms with Gasteiger partial charge in [-0.3, -0.25) is 0 Å². The molecule has 156 valence electrons. The lowest BCUT2D eigenvalue weighted by Gasteiger charge is -2.40. The van der Waals surface area contributed by atoms with Crippen molar-refractivity contribution < 1.29 is 34.3 Å². The number of carbonyl (C=O) groups excluding carboxylic acids is 1. The molecule has 4 atom stereocenters. The van der Waals surface area contributed by atoms with Gasteiger partial charge in [0.1, 0.15) is 6.29 Å². The van der Waals surface area contributed by atoms with E-state index in [1.54, 1.807) is 18.2 Å². The summed E-state index contributed by atoms with van der Waals surface area (Å²) in [5, 5.41) is 30.4. The van der Waals surface area contributed by atoms with Crippen LogP contribution < -0.4 is 19.9 Å². The van der Waals surface area contributed by atoms with Gasteiger partial charge in [0.15, 0.2) is 23.0 Å². The van der Waals surface area contributed by atoms with E-state index in [0.29, 0.717) is 16.7 Å². The first-order valence-electron chi connectivity index (χ1n) is 9.09. The lowest BCUT2D eigenvalue weighted by molar-refractivity contribution is -0.114. The zero-order valence-corrected chi connectivity index (χ0v) is 16.5. The predicted molar refractivity (Wildman–Crippen MR) is 105 cm³/mol. The highest BCUT2D eigenvalue weighted by Gasteiger charge is 2.43. The average molecular weight is 403 g/mol. The van der Waals surface area contributed by atoms with Crippen molar-refractivity contribution in [3.63, 3.8) is 0 Å². The molecule has 8 nitrogen and oxygen atoms in total. The van der Waals surface area contributed by atoms with Crippen molar-refractivity contribution in [2.45, 2.75) is 12.0 Å². The van der Waals surface area contributed by atoms with E-state index >= 15 is 0 Å². The van der Waals surface area contributed by atoms with Gasteiger partial charge in [0.2, 0.25) is 5.75 Å². The van der Waals surface area contributed by atoms with Crippen LogP contribution in [0, 0.1) is 11.8 Å². The van der Waals surface area contributed by atoms with Crippen LogP contribution in [0.25, 0.3) is 0 Å². The standard InChI is InChI=1S/C21H25NO7/c1-27-16-7-11-12(6-15(16)25)20(22)14(9-24)13(8-23)19(11)10-4-17(28-2)21(26)18(5-10)29-3/h4-8,13-14,19-20,24-26H,9,22H2,1-3H3. The fourth-order valence-electron chi connectivity index (χ4n) is 4.16. The van der Waals surface area contributed by atoms with Crippen molar-refractivity contribution in [1.29, 1.82) is 0 Å². The Bertz CT molecular complexity index is 889. The Balaban J connectivity index is 2.31. The van der Waals surface area contributed by atoms with Gasteiger partial charge in [-0.2, -0.15) is 0 Å². The summed E-state index contributed by atoms with van der Waals surface area (Å²) < 4.78 is 15.8. The number of aliphatic hydroxyl groups is 1. The number of phenolic OH excluding ortho intramolecular Hbond substituents is 2. The highest BCUT2D eigenvalue weighted by atomic mass is 16.5. The largest absolute Gasteiger partial charge is 0.504 e. The molecule has 4 unspecified atom stereocenters. The van der Waals surface area contributed by atoms with Crippen LogP contribution in [0.1, 0.15) is 28.7 Å². The van der Waals surface area contributed by atoms with E-state index < -0.39 is 23.8 Å². The topological polar surface area (TPSA) is 131 Å². The maximum atomic E-state index is 12.1. The molecule has 0 saturated carbocycles. The molecular weight excluding hydrogens is 378 g/mol. The van der Waals surface area contributed by atoms with Crippen LogP contribution in [-0.4, -0.2) is 49.5 Å². The Morgan fingerprint density at radius 3 is 2.03 bits per heavy atom. The maximum absolute atomic E-state index is 12.1. The molecule has 0 spiro atoms. The van der Waals surface area contributed by atoms with Crippen molar-refractivity contribution in [2.24, 2.45) is 17.6 Å². The molecule has 29 heavy (non-hydrogen) atoms. The number of phenols is 2. The summed E-state index contributed by atoms with van der Waals surface area (Å²) in [4.78, 5) is 12.1. The summed E-state index contributed by atoms with van der Waals surface area (Å²) >= 11 is 0. The van der Waals surface area contributed by atoms with Crippen LogP contribution in [0.4, 0.5) is 0 Å². The Morgan fingerprint density at radius 1 is 0.966 bits per heavy atom. The highest BCUT2D eigenvalue weighted by molar-refractivity contribution is 5.65. The van der Waals surface area contributed by atoms with Crippen molar-refractivity contribution in [3.8, 4) is 28.7 Å². The van der Waals surface area contributed by atoms with Crippen molar-refractivity contribution in [3.05, 3.63) is 41.0 Å². The fraction of sp³-hybridized carbons (Fsp3) is 0.381. The number of benzene rings is 2. The number of nitrogens with two attached hydrogens (primary N) is 1. The van der Waals surface area contributed by atoms with E-state index in [-0.39, 0.29) is 35.4 Å². The van der Waals surface area contributed by atoms with E-state index in [1.807, 2.05) is 0 Å². The number of rotatable bonds is 6. The minimum absolute atomic E-state index is 0.0810. The second-order valence-corrected chi connectivity index (χ2v) is 6.99. The first-order chi connectivity index (χ1) is 13.9. The van der Waals surface area contributed by atoms with E-state index in [1.165, 1.54) is 27.4 Å². The molecule has 2 aromatic rings. The minimum Gasteiger partial charge on any atom is -0.504 e.